The van der Waals surface area contributed by atoms with Gasteiger partial charge in [0.25, 0.3) is 0 Å². The molecule has 0 aliphatic heterocycles. The van der Waals surface area contributed by atoms with Crippen molar-refractivity contribution in [1.82, 2.24) is 0 Å². The molecule has 0 radical (unpaired) electrons. The highest BCUT2D eigenvalue weighted by atomic mass is 35.5. The summed E-state index contributed by atoms with van der Waals surface area (Å²) in [5.41, 5.74) is 2.86. The van der Waals surface area contributed by atoms with Crippen molar-refractivity contribution in [3.8, 4) is 23.1 Å². The van der Waals surface area contributed by atoms with E-state index in [-0.39, 0.29) is 17.8 Å². The summed E-state index contributed by atoms with van der Waals surface area (Å²) in [7, 11) is 0. The fourth-order valence-corrected chi connectivity index (χ4v) is 2.59. The topological polar surface area (TPSA) is 63.2 Å². The number of ether oxygens (including phenoxy) is 1. The fourth-order valence-electron chi connectivity index (χ4n) is 2.46. The molecular formula is C19H14ClNO3. The lowest BCUT2D eigenvalue weighted by atomic mass is 10.0. The van der Waals surface area contributed by atoms with Crippen LogP contribution in [0.5, 0.6) is 5.75 Å². The second-order valence-electron chi connectivity index (χ2n) is 5.48. The van der Waals surface area contributed by atoms with Gasteiger partial charge < -0.3 is 9.15 Å². The van der Waals surface area contributed by atoms with Crippen LogP contribution in [0.15, 0.2) is 45.6 Å². The summed E-state index contributed by atoms with van der Waals surface area (Å²) < 4.78 is 11.3. The number of rotatable bonds is 3. The first kappa shape index (κ1) is 16.1. The van der Waals surface area contributed by atoms with Crippen molar-refractivity contribution in [3.63, 3.8) is 0 Å². The molecule has 0 spiro atoms. The third-order valence-corrected chi connectivity index (χ3v) is 4.10. The Labute approximate surface area is 143 Å². The Morgan fingerprint density at radius 1 is 1.17 bits per heavy atom. The number of hydrogen-bond donors (Lipinski definition) is 0. The van der Waals surface area contributed by atoms with E-state index in [2.05, 4.69) is 0 Å². The van der Waals surface area contributed by atoms with Crippen LogP contribution in [0.25, 0.3) is 22.3 Å². The summed E-state index contributed by atoms with van der Waals surface area (Å²) >= 11 is 5.92. The maximum Gasteiger partial charge on any atom is 0.235 e. The zero-order valence-corrected chi connectivity index (χ0v) is 14.0. The van der Waals surface area contributed by atoms with Crippen molar-refractivity contribution in [1.29, 1.82) is 5.26 Å². The van der Waals surface area contributed by atoms with Gasteiger partial charge in [-0.05, 0) is 61.4 Å². The Bertz CT molecular complexity index is 1010. The molecule has 2 aromatic carbocycles. The van der Waals surface area contributed by atoms with Crippen molar-refractivity contribution in [3.05, 3.63) is 62.8 Å². The SMILES string of the molecule is Cc1cc2oc(-c3ccc(Cl)cc3)c(OCC#N)c(=O)c2cc1C. The highest BCUT2D eigenvalue weighted by Gasteiger charge is 2.18. The summed E-state index contributed by atoms with van der Waals surface area (Å²) in [6.07, 6.45) is 0. The summed E-state index contributed by atoms with van der Waals surface area (Å²) in [6.45, 7) is 3.65. The van der Waals surface area contributed by atoms with Crippen LogP contribution in [-0.4, -0.2) is 6.61 Å². The minimum Gasteiger partial charge on any atom is -0.471 e. The van der Waals surface area contributed by atoms with Crippen molar-refractivity contribution in [2.24, 2.45) is 0 Å². The Morgan fingerprint density at radius 2 is 1.83 bits per heavy atom. The van der Waals surface area contributed by atoms with Gasteiger partial charge in [0.1, 0.15) is 11.7 Å². The van der Waals surface area contributed by atoms with Crippen LogP contribution in [0, 0.1) is 25.2 Å². The van der Waals surface area contributed by atoms with Crippen LogP contribution in [0.2, 0.25) is 5.02 Å². The second kappa shape index (κ2) is 6.38. The van der Waals surface area contributed by atoms with Gasteiger partial charge in [0.05, 0.1) is 5.39 Å². The van der Waals surface area contributed by atoms with Crippen molar-refractivity contribution in [2.75, 3.05) is 6.61 Å². The van der Waals surface area contributed by atoms with Gasteiger partial charge >= 0.3 is 0 Å². The molecule has 24 heavy (non-hydrogen) atoms. The lowest BCUT2D eigenvalue weighted by Gasteiger charge is -2.11. The lowest BCUT2D eigenvalue weighted by Crippen LogP contribution is -2.10. The van der Waals surface area contributed by atoms with E-state index in [1.807, 2.05) is 26.0 Å². The molecular weight excluding hydrogens is 326 g/mol. The quantitative estimate of drug-likeness (QED) is 0.697. The van der Waals surface area contributed by atoms with E-state index in [0.29, 0.717) is 27.3 Å². The average Bonchev–Trinajstić information content (AvgIpc) is 2.56. The molecule has 3 aromatic rings. The molecule has 0 atom stereocenters. The van der Waals surface area contributed by atoms with Gasteiger partial charge in [-0.1, -0.05) is 11.6 Å². The maximum absolute atomic E-state index is 12.8. The minimum atomic E-state index is -0.292. The molecule has 0 aliphatic rings. The first-order valence-electron chi connectivity index (χ1n) is 7.35. The van der Waals surface area contributed by atoms with Crippen molar-refractivity contribution >= 4 is 22.6 Å². The molecule has 1 aromatic heterocycles. The molecule has 0 saturated carbocycles. The molecule has 4 nitrogen and oxygen atoms in total. The van der Waals surface area contributed by atoms with E-state index in [1.165, 1.54) is 0 Å². The predicted octanol–water partition coefficient (Wildman–Crippen LogP) is 4.63. The number of benzene rings is 2. The first-order chi connectivity index (χ1) is 11.5. The van der Waals surface area contributed by atoms with Gasteiger partial charge in [0.2, 0.25) is 11.2 Å². The van der Waals surface area contributed by atoms with E-state index < -0.39 is 0 Å². The largest absolute Gasteiger partial charge is 0.471 e. The van der Waals surface area contributed by atoms with E-state index >= 15 is 0 Å². The molecule has 0 aliphatic carbocycles. The number of halogens is 1. The highest BCUT2D eigenvalue weighted by Crippen LogP contribution is 2.32. The maximum atomic E-state index is 12.8. The molecule has 0 bridgehead atoms. The Morgan fingerprint density at radius 3 is 2.50 bits per heavy atom. The lowest BCUT2D eigenvalue weighted by molar-refractivity contribution is 0.356. The third-order valence-electron chi connectivity index (χ3n) is 3.85. The molecule has 0 N–H and O–H groups in total. The smallest absolute Gasteiger partial charge is 0.235 e. The Hall–Kier alpha value is -2.77. The van der Waals surface area contributed by atoms with Gasteiger partial charge in [0.15, 0.2) is 12.4 Å². The molecule has 0 saturated heterocycles. The van der Waals surface area contributed by atoms with Crippen molar-refractivity contribution < 1.29 is 9.15 Å². The van der Waals surface area contributed by atoms with E-state index in [4.69, 9.17) is 26.0 Å². The van der Waals surface area contributed by atoms with Gasteiger partial charge in [-0.15, -0.1) is 0 Å². The molecule has 5 heteroatoms. The van der Waals surface area contributed by atoms with Crippen LogP contribution in [0.4, 0.5) is 0 Å². The van der Waals surface area contributed by atoms with Gasteiger partial charge in [-0.2, -0.15) is 5.26 Å². The minimum absolute atomic E-state index is 0.0367. The van der Waals surface area contributed by atoms with Gasteiger partial charge in [-0.3, -0.25) is 4.79 Å². The Balaban J connectivity index is 2.33. The number of nitrogens with zero attached hydrogens (tertiary/aromatic N) is 1. The monoisotopic (exact) mass is 339 g/mol. The van der Waals surface area contributed by atoms with Crippen LogP contribution in [-0.2, 0) is 0 Å². The third kappa shape index (κ3) is 2.86. The second-order valence-corrected chi connectivity index (χ2v) is 5.91. The highest BCUT2D eigenvalue weighted by molar-refractivity contribution is 6.30. The average molecular weight is 340 g/mol. The first-order valence-corrected chi connectivity index (χ1v) is 7.73. The molecule has 0 unspecified atom stereocenters. The molecule has 0 fully saturated rings. The zero-order valence-electron chi connectivity index (χ0n) is 13.2. The van der Waals surface area contributed by atoms with Crippen LogP contribution >= 0.6 is 11.6 Å². The van der Waals surface area contributed by atoms with Crippen LogP contribution in [0.3, 0.4) is 0 Å². The van der Waals surface area contributed by atoms with Crippen LogP contribution in [0.1, 0.15) is 11.1 Å². The molecule has 1 heterocycles. The molecule has 0 amide bonds. The zero-order chi connectivity index (χ0) is 17.3. The fraction of sp³-hybridized carbons (Fsp3) is 0.158. The van der Waals surface area contributed by atoms with Gasteiger partial charge in [-0.25, -0.2) is 0 Å². The number of aryl methyl sites for hydroxylation is 2. The summed E-state index contributed by atoms with van der Waals surface area (Å²) in [4.78, 5) is 12.8. The predicted molar refractivity (Wildman–Crippen MR) is 93.5 cm³/mol. The van der Waals surface area contributed by atoms with Gasteiger partial charge in [0, 0.05) is 10.6 Å². The van der Waals surface area contributed by atoms with E-state index in [1.54, 1.807) is 30.3 Å². The van der Waals surface area contributed by atoms with Crippen LogP contribution < -0.4 is 10.2 Å². The van der Waals surface area contributed by atoms with E-state index in [9.17, 15) is 4.79 Å². The Kier molecular flexibility index (Phi) is 4.28. The normalized spacial score (nSPS) is 10.6. The van der Waals surface area contributed by atoms with E-state index in [0.717, 1.165) is 11.1 Å². The molecule has 120 valence electrons. The standard InChI is InChI=1S/C19H14ClNO3/c1-11-9-15-16(10-12(11)2)24-18(13-3-5-14(20)6-4-13)19(17(15)22)23-8-7-21/h3-6,9-10H,8H2,1-2H3. The summed E-state index contributed by atoms with van der Waals surface area (Å²) in [5, 5.41) is 9.80. The summed E-state index contributed by atoms with van der Waals surface area (Å²) in [5.74, 6) is 0.331. The number of fused-ring (bicyclic) bond motifs is 1. The number of hydrogen-bond acceptors (Lipinski definition) is 4. The molecule has 3 rings (SSSR count). The van der Waals surface area contributed by atoms with Crippen molar-refractivity contribution in [2.45, 2.75) is 13.8 Å². The summed E-state index contributed by atoms with van der Waals surface area (Å²) in [6, 6.07) is 12.4. The number of nitriles is 1.